The van der Waals surface area contributed by atoms with Crippen LogP contribution in [0, 0.1) is 0 Å². The van der Waals surface area contributed by atoms with Gasteiger partial charge in [-0.25, -0.2) is 0 Å². The summed E-state index contributed by atoms with van der Waals surface area (Å²) in [4.78, 5) is 15.2. The van der Waals surface area contributed by atoms with E-state index in [0.717, 1.165) is 44.8 Å². The Labute approximate surface area is 166 Å². The third-order valence-corrected chi connectivity index (χ3v) is 4.71. The van der Waals surface area contributed by atoms with Crippen molar-refractivity contribution in [2.45, 2.75) is 13.0 Å². The van der Waals surface area contributed by atoms with Gasteiger partial charge >= 0.3 is 0 Å². The molecule has 0 spiro atoms. The van der Waals surface area contributed by atoms with Crippen LogP contribution in [0.15, 0.2) is 48.5 Å². The lowest BCUT2D eigenvalue weighted by atomic mass is 10.1. The molecule has 1 heterocycles. The molecular weight excluding hydrogens is 356 g/mol. The zero-order chi connectivity index (χ0) is 19.6. The highest BCUT2D eigenvalue weighted by molar-refractivity contribution is 5.99. The summed E-state index contributed by atoms with van der Waals surface area (Å²) in [5, 5.41) is 2.99. The summed E-state index contributed by atoms with van der Waals surface area (Å²) in [5.41, 5.74) is 1.48. The molecule has 0 aliphatic carbocycles. The van der Waals surface area contributed by atoms with E-state index < -0.39 is 0 Å². The number of benzene rings is 2. The number of nitrogens with one attached hydrogen (secondary N) is 1. The molecule has 0 radical (unpaired) electrons. The molecule has 2 aromatic rings. The van der Waals surface area contributed by atoms with E-state index in [4.69, 9.17) is 14.2 Å². The standard InChI is InChI=1S/C22H28N2O4/c1-26-19-9-5-10-20(28-17-18-7-3-2-4-8-18)21(19)22(25)23-11-6-12-24-13-15-27-16-14-24/h2-5,7-10H,6,11-17H2,1H3,(H,23,25). The van der Waals surface area contributed by atoms with E-state index in [1.54, 1.807) is 19.2 Å². The minimum atomic E-state index is -0.178. The lowest BCUT2D eigenvalue weighted by Crippen LogP contribution is -2.38. The van der Waals surface area contributed by atoms with Crippen molar-refractivity contribution in [3.63, 3.8) is 0 Å². The monoisotopic (exact) mass is 384 g/mol. The molecule has 28 heavy (non-hydrogen) atoms. The molecular formula is C22H28N2O4. The molecule has 6 nitrogen and oxygen atoms in total. The maximum atomic E-state index is 12.8. The van der Waals surface area contributed by atoms with Crippen LogP contribution >= 0.6 is 0 Å². The fourth-order valence-electron chi connectivity index (χ4n) is 3.18. The summed E-state index contributed by atoms with van der Waals surface area (Å²) >= 11 is 0. The minimum Gasteiger partial charge on any atom is -0.496 e. The summed E-state index contributed by atoms with van der Waals surface area (Å²) in [6, 6.07) is 15.3. The van der Waals surface area contributed by atoms with Crippen LogP contribution in [0.3, 0.4) is 0 Å². The molecule has 6 heteroatoms. The molecule has 1 amide bonds. The van der Waals surface area contributed by atoms with Gasteiger partial charge in [-0.15, -0.1) is 0 Å². The second-order valence-corrected chi connectivity index (χ2v) is 6.67. The van der Waals surface area contributed by atoms with Crippen molar-refractivity contribution in [2.75, 3.05) is 46.5 Å². The van der Waals surface area contributed by atoms with E-state index in [2.05, 4.69) is 10.2 Å². The molecule has 0 aromatic heterocycles. The van der Waals surface area contributed by atoms with Crippen LogP contribution in [-0.4, -0.2) is 57.3 Å². The van der Waals surface area contributed by atoms with Crippen molar-refractivity contribution in [3.8, 4) is 11.5 Å². The summed E-state index contributed by atoms with van der Waals surface area (Å²) in [7, 11) is 1.56. The Bertz CT molecular complexity index is 745. The molecule has 1 saturated heterocycles. The average Bonchev–Trinajstić information content (AvgIpc) is 2.76. The Balaban J connectivity index is 1.57. The molecule has 3 rings (SSSR count). The van der Waals surface area contributed by atoms with E-state index in [-0.39, 0.29) is 5.91 Å². The highest BCUT2D eigenvalue weighted by atomic mass is 16.5. The van der Waals surface area contributed by atoms with E-state index in [1.807, 2.05) is 36.4 Å². The number of methoxy groups -OCH3 is 1. The number of nitrogens with zero attached hydrogens (tertiary/aromatic N) is 1. The van der Waals surface area contributed by atoms with Crippen LogP contribution < -0.4 is 14.8 Å². The van der Waals surface area contributed by atoms with Crippen molar-refractivity contribution < 1.29 is 19.0 Å². The molecule has 0 atom stereocenters. The van der Waals surface area contributed by atoms with Crippen molar-refractivity contribution in [3.05, 3.63) is 59.7 Å². The number of ether oxygens (including phenoxy) is 3. The predicted octanol–water partition coefficient (Wildman–Crippen LogP) is 2.73. The van der Waals surface area contributed by atoms with Gasteiger partial charge < -0.3 is 19.5 Å². The summed E-state index contributed by atoms with van der Waals surface area (Å²) in [6.07, 6.45) is 0.890. The molecule has 1 aliphatic heterocycles. The molecule has 2 aromatic carbocycles. The van der Waals surface area contributed by atoms with Crippen LogP contribution in [0.4, 0.5) is 0 Å². The second-order valence-electron chi connectivity index (χ2n) is 6.67. The summed E-state index contributed by atoms with van der Waals surface area (Å²) in [6.45, 7) is 5.44. The lowest BCUT2D eigenvalue weighted by molar-refractivity contribution is 0.0374. The largest absolute Gasteiger partial charge is 0.496 e. The first-order chi connectivity index (χ1) is 13.8. The van der Waals surface area contributed by atoms with Gasteiger partial charge in [0, 0.05) is 19.6 Å². The smallest absolute Gasteiger partial charge is 0.258 e. The van der Waals surface area contributed by atoms with E-state index in [1.165, 1.54) is 0 Å². The number of morpholine rings is 1. The first kappa shape index (κ1) is 20.2. The lowest BCUT2D eigenvalue weighted by Gasteiger charge is -2.26. The van der Waals surface area contributed by atoms with Crippen molar-refractivity contribution in [1.29, 1.82) is 0 Å². The summed E-state index contributed by atoms with van der Waals surface area (Å²) in [5.74, 6) is 0.854. The van der Waals surface area contributed by atoms with Crippen LogP contribution in [0.2, 0.25) is 0 Å². The molecule has 0 unspecified atom stereocenters. The first-order valence-electron chi connectivity index (χ1n) is 9.70. The highest BCUT2D eigenvalue weighted by Crippen LogP contribution is 2.29. The molecule has 1 fully saturated rings. The quantitative estimate of drug-likeness (QED) is 0.674. The molecule has 1 N–H and O–H groups in total. The third-order valence-electron chi connectivity index (χ3n) is 4.71. The van der Waals surface area contributed by atoms with E-state index >= 15 is 0 Å². The Morgan fingerprint density at radius 2 is 1.82 bits per heavy atom. The first-order valence-corrected chi connectivity index (χ1v) is 9.70. The third kappa shape index (κ3) is 5.71. The number of carbonyl (C=O) groups excluding carboxylic acids is 1. The van der Waals surface area contributed by atoms with Crippen molar-refractivity contribution in [2.24, 2.45) is 0 Å². The Kier molecular flexibility index (Phi) is 7.70. The number of rotatable bonds is 9. The van der Waals surface area contributed by atoms with Gasteiger partial charge in [0.05, 0.1) is 20.3 Å². The second kappa shape index (κ2) is 10.7. The average molecular weight is 384 g/mol. The van der Waals surface area contributed by atoms with Crippen LogP contribution in [0.1, 0.15) is 22.3 Å². The fraction of sp³-hybridized carbons (Fsp3) is 0.409. The van der Waals surface area contributed by atoms with Gasteiger partial charge in [0.2, 0.25) is 0 Å². The molecule has 150 valence electrons. The van der Waals surface area contributed by atoms with Crippen molar-refractivity contribution >= 4 is 5.91 Å². The van der Waals surface area contributed by atoms with Crippen LogP contribution in [0.5, 0.6) is 11.5 Å². The molecule has 1 aliphatic rings. The topological polar surface area (TPSA) is 60.0 Å². The van der Waals surface area contributed by atoms with Crippen LogP contribution in [-0.2, 0) is 11.3 Å². The maximum absolute atomic E-state index is 12.8. The normalized spacial score (nSPS) is 14.5. The molecule has 0 bridgehead atoms. The minimum absolute atomic E-state index is 0.178. The fourth-order valence-corrected chi connectivity index (χ4v) is 3.18. The van der Waals surface area contributed by atoms with Gasteiger partial charge in [-0.3, -0.25) is 9.69 Å². The summed E-state index contributed by atoms with van der Waals surface area (Å²) < 4.78 is 16.7. The Morgan fingerprint density at radius 1 is 1.07 bits per heavy atom. The Hall–Kier alpha value is -2.57. The van der Waals surface area contributed by atoms with Gasteiger partial charge in [0.1, 0.15) is 23.7 Å². The van der Waals surface area contributed by atoms with Gasteiger partial charge in [-0.05, 0) is 30.7 Å². The van der Waals surface area contributed by atoms with Crippen molar-refractivity contribution in [1.82, 2.24) is 10.2 Å². The van der Waals surface area contributed by atoms with E-state index in [0.29, 0.717) is 30.2 Å². The number of hydrogen-bond acceptors (Lipinski definition) is 5. The van der Waals surface area contributed by atoms with Gasteiger partial charge in [-0.1, -0.05) is 36.4 Å². The number of amides is 1. The van der Waals surface area contributed by atoms with Gasteiger partial charge in [-0.2, -0.15) is 0 Å². The Morgan fingerprint density at radius 3 is 2.57 bits per heavy atom. The van der Waals surface area contributed by atoms with Gasteiger partial charge in [0.15, 0.2) is 0 Å². The van der Waals surface area contributed by atoms with Crippen LogP contribution in [0.25, 0.3) is 0 Å². The van der Waals surface area contributed by atoms with Gasteiger partial charge in [0.25, 0.3) is 5.91 Å². The zero-order valence-corrected chi connectivity index (χ0v) is 16.4. The highest BCUT2D eigenvalue weighted by Gasteiger charge is 2.18. The molecule has 0 saturated carbocycles. The van der Waals surface area contributed by atoms with E-state index in [9.17, 15) is 4.79 Å². The zero-order valence-electron chi connectivity index (χ0n) is 16.4. The predicted molar refractivity (Wildman–Crippen MR) is 108 cm³/mol. The SMILES string of the molecule is COc1cccc(OCc2ccccc2)c1C(=O)NCCCN1CCOCC1. The maximum Gasteiger partial charge on any atom is 0.258 e. The number of hydrogen-bond donors (Lipinski definition) is 1. The number of carbonyl (C=O) groups is 1.